The molecule has 1 saturated heterocycles. The highest BCUT2D eigenvalue weighted by Gasteiger charge is 2.61. The van der Waals surface area contributed by atoms with Crippen LogP contribution in [-0.4, -0.2) is 23.9 Å². The highest BCUT2D eigenvalue weighted by atomic mass is 16.1. The Morgan fingerprint density at radius 1 is 0.667 bits per heavy atom. The standard InChI is InChI=1S/C33H40N2O/c34-31(36)33(29-20-10-3-11-21-29,30-22-12-4-13-23-30)32(28-18-8-2-9-19-28,35-24-14-5-15-25-35)26-27-16-6-1-7-17-27/h2-4,8-13,18-23,27H,1,5-7,14-17,24-26H2,(H2,34,36). The quantitative estimate of drug-likeness (QED) is 0.385. The molecule has 5 rings (SSSR count). The van der Waals surface area contributed by atoms with Gasteiger partial charge in [0.25, 0.3) is 0 Å². The molecule has 3 aromatic carbocycles. The van der Waals surface area contributed by atoms with E-state index in [1.807, 2.05) is 12.1 Å². The number of benzene rings is 3. The molecule has 0 spiro atoms. The molecule has 36 heavy (non-hydrogen) atoms. The molecule has 0 radical (unpaired) electrons. The largest absolute Gasteiger partial charge is 0.369 e. The minimum atomic E-state index is -1.02. The first-order valence-electron chi connectivity index (χ1n) is 13.9. The summed E-state index contributed by atoms with van der Waals surface area (Å²) < 4.78 is 0. The van der Waals surface area contributed by atoms with Gasteiger partial charge in [-0.2, -0.15) is 0 Å². The van der Waals surface area contributed by atoms with Gasteiger partial charge in [-0.1, -0.05) is 130 Å². The molecule has 1 saturated carbocycles. The number of hydrogen-bond donors (Lipinski definition) is 1. The third-order valence-corrected chi connectivity index (χ3v) is 8.86. The number of carbonyl (C=O) groups excluding carboxylic acids is 1. The van der Waals surface area contributed by atoms with Crippen molar-refractivity contribution >= 4 is 5.91 Å². The van der Waals surface area contributed by atoms with Gasteiger partial charge in [0.1, 0.15) is 5.41 Å². The fourth-order valence-electron chi connectivity index (χ4n) is 7.34. The van der Waals surface area contributed by atoms with Crippen molar-refractivity contribution in [1.29, 1.82) is 0 Å². The predicted octanol–water partition coefficient (Wildman–Crippen LogP) is 6.81. The van der Waals surface area contributed by atoms with Gasteiger partial charge in [0.05, 0.1) is 5.54 Å². The molecule has 1 unspecified atom stereocenters. The van der Waals surface area contributed by atoms with Crippen molar-refractivity contribution in [3.05, 3.63) is 108 Å². The lowest BCUT2D eigenvalue weighted by atomic mass is 9.54. The summed E-state index contributed by atoms with van der Waals surface area (Å²) in [4.78, 5) is 17.0. The minimum absolute atomic E-state index is 0.259. The van der Waals surface area contributed by atoms with E-state index in [1.165, 1.54) is 44.1 Å². The van der Waals surface area contributed by atoms with E-state index in [9.17, 15) is 4.79 Å². The summed E-state index contributed by atoms with van der Waals surface area (Å²) in [5.74, 6) is 0.303. The third kappa shape index (κ3) is 4.28. The monoisotopic (exact) mass is 480 g/mol. The maximum absolute atomic E-state index is 14.3. The molecule has 1 aliphatic carbocycles. The van der Waals surface area contributed by atoms with Crippen molar-refractivity contribution in [2.24, 2.45) is 11.7 Å². The van der Waals surface area contributed by atoms with Crippen LogP contribution in [0.5, 0.6) is 0 Å². The van der Waals surface area contributed by atoms with Gasteiger partial charge >= 0.3 is 0 Å². The smallest absolute Gasteiger partial charge is 0.234 e. The van der Waals surface area contributed by atoms with E-state index in [0.717, 1.165) is 43.5 Å². The lowest BCUT2D eigenvalue weighted by Crippen LogP contribution is -2.67. The Hall–Kier alpha value is -2.91. The second-order valence-electron chi connectivity index (χ2n) is 10.8. The Morgan fingerprint density at radius 3 is 1.58 bits per heavy atom. The normalized spacial score (nSPS) is 19.4. The van der Waals surface area contributed by atoms with Gasteiger partial charge in [-0.05, 0) is 55.0 Å². The van der Waals surface area contributed by atoms with Crippen LogP contribution < -0.4 is 5.73 Å². The molecule has 0 bridgehead atoms. The number of hydrogen-bond acceptors (Lipinski definition) is 2. The first kappa shape index (κ1) is 24.8. The topological polar surface area (TPSA) is 46.3 Å². The van der Waals surface area contributed by atoms with E-state index in [0.29, 0.717) is 5.92 Å². The van der Waals surface area contributed by atoms with E-state index in [1.54, 1.807) is 0 Å². The number of carbonyl (C=O) groups is 1. The van der Waals surface area contributed by atoms with E-state index in [4.69, 9.17) is 5.73 Å². The molecule has 1 aliphatic heterocycles. The Bertz CT molecular complexity index is 1060. The first-order chi connectivity index (χ1) is 17.7. The number of rotatable bonds is 8. The second-order valence-corrected chi connectivity index (χ2v) is 10.8. The lowest BCUT2D eigenvalue weighted by Gasteiger charge is -2.58. The average molecular weight is 481 g/mol. The molecule has 1 heterocycles. The zero-order valence-electron chi connectivity index (χ0n) is 21.4. The molecule has 2 fully saturated rings. The number of piperidine rings is 1. The van der Waals surface area contributed by atoms with Crippen LogP contribution in [0.25, 0.3) is 0 Å². The Kier molecular flexibility index (Phi) is 7.57. The maximum atomic E-state index is 14.3. The van der Waals surface area contributed by atoms with Crippen molar-refractivity contribution in [2.75, 3.05) is 13.1 Å². The highest BCUT2D eigenvalue weighted by Crippen LogP contribution is 2.56. The van der Waals surface area contributed by atoms with Gasteiger partial charge in [-0.15, -0.1) is 0 Å². The predicted molar refractivity (Wildman–Crippen MR) is 148 cm³/mol. The second kappa shape index (κ2) is 11.0. The Labute approximate surface area is 216 Å². The van der Waals surface area contributed by atoms with Gasteiger partial charge < -0.3 is 5.73 Å². The average Bonchev–Trinajstić information content (AvgIpc) is 2.95. The maximum Gasteiger partial charge on any atom is 0.234 e. The van der Waals surface area contributed by atoms with Gasteiger partial charge in [-0.3, -0.25) is 9.69 Å². The van der Waals surface area contributed by atoms with Crippen LogP contribution in [0.3, 0.4) is 0 Å². The van der Waals surface area contributed by atoms with Gasteiger partial charge in [0.15, 0.2) is 0 Å². The molecular weight excluding hydrogens is 440 g/mol. The molecular formula is C33H40N2O. The number of primary amides is 1. The van der Waals surface area contributed by atoms with Crippen molar-refractivity contribution in [3.8, 4) is 0 Å². The lowest BCUT2D eigenvalue weighted by molar-refractivity contribution is -0.131. The summed E-state index contributed by atoms with van der Waals surface area (Å²) in [5.41, 5.74) is 8.31. The van der Waals surface area contributed by atoms with Crippen LogP contribution in [0.4, 0.5) is 0 Å². The summed E-state index contributed by atoms with van der Waals surface area (Å²) in [6.07, 6.45) is 10.8. The highest BCUT2D eigenvalue weighted by molar-refractivity contribution is 5.93. The number of amides is 1. The number of nitrogens with two attached hydrogens (primary N) is 1. The molecule has 1 amide bonds. The van der Waals surface area contributed by atoms with E-state index in [2.05, 4.69) is 83.8 Å². The molecule has 2 aliphatic rings. The summed E-state index contributed by atoms with van der Waals surface area (Å²) in [6, 6.07) is 31.7. The summed E-state index contributed by atoms with van der Waals surface area (Å²) in [7, 11) is 0. The van der Waals surface area contributed by atoms with Gasteiger partial charge in [0, 0.05) is 0 Å². The molecule has 0 aromatic heterocycles. The van der Waals surface area contributed by atoms with E-state index in [-0.39, 0.29) is 5.91 Å². The van der Waals surface area contributed by atoms with E-state index < -0.39 is 11.0 Å². The minimum Gasteiger partial charge on any atom is -0.369 e. The number of likely N-dealkylation sites (tertiary alicyclic amines) is 1. The third-order valence-electron chi connectivity index (χ3n) is 8.86. The Morgan fingerprint density at radius 2 is 1.11 bits per heavy atom. The van der Waals surface area contributed by atoms with Crippen LogP contribution in [0.1, 0.15) is 74.5 Å². The zero-order valence-corrected chi connectivity index (χ0v) is 21.4. The molecule has 3 nitrogen and oxygen atoms in total. The van der Waals surface area contributed by atoms with Crippen LogP contribution in [-0.2, 0) is 15.7 Å². The molecule has 188 valence electrons. The van der Waals surface area contributed by atoms with Crippen LogP contribution in [0.15, 0.2) is 91.0 Å². The van der Waals surface area contributed by atoms with Crippen molar-refractivity contribution in [1.82, 2.24) is 4.90 Å². The summed E-state index contributed by atoms with van der Waals surface area (Å²) in [6.45, 7) is 1.96. The summed E-state index contributed by atoms with van der Waals surface area (Å²) in [5, 5.41) is 0. The van der Waals surface area contributed by atoms with E-state index >= 15 is 0 Å². The Balaban J connectivity index is 1.88. The van der Waals surface area contributed by atoms with Crippen molar-refractivity contribution < 1.29 is 4.79 Å². The number of nitrogens with zero attached hydrogens (tertiary/aromatic N) is 1. The van der Waals surface area contributed by atoms with Crippen LogP contribution in [0, 0.1) is 5.92 Å². The van der Waals surface area contributed by atoms with Gasteiger partial charge in [0.2, 0.25) is 5.91 Å². The van der Waals surface area contributed by atoms with Crippen molar-refractivity contribution in [2.45, 2.75) is 68.7 Å². The fourth-order valence-corrected chi connectivity index (χ4v) is 7.34. The summed E-state index contributed by atoms with van der Waals surface area (Å²) >= 11 is 0. The first-order valence-corrected chi connectivity index (χ1v) is 13.9. The fraction of sp³-hybridized carbons (Fsp3) is 0.424. The zero-order chi connectivity index (χ0) is 24.8. The van der Waals surface area contributed by atoms with Crippen LogP contribution in [0.2, 0.25) is 0 Å². The van der Waals surface area contributed by atoms with Crippen molar-refractivity contribution in [3.63, 3.8) is 0 Å². The molecule has 3 heteroatoms. The SMILES string of the molecule is NC(=O)C(c1ccccc1)(c1ccccc1)C(CC1CCCCC1)(c1ccccc1)N1CCCCC1. The molecule has 3 aromatic rings. The van der Waals surface area contributed by atoms with Crippen LogP contribution >= 0.6 is 0 Å². The molecule has 2 N–H and O–H groups in total. The van der Waals surface area contributed by atoms with Gasteiger partial charge in [-0.25, -0.2) is 0 Å². The molecule has 1 atom stereocenters.